The summed E-state index contributed by atoms with van der Waals surface area (Å²) in [7, 11) is 0. The van der Waals surface area contributed by atoms with E-state index in [0.29, 0.717) is 12.8 Å². The molecule has 0 N–H and O–H groups in total. The zero-order valence-corrected chi connectivity index (χ0v) is 7.10. The Labute approximate surface area is 72.1 Å². The van der Waals surface area contributed by atoms with E-state index in [1.165, 1.54) is 0 Å². The van der Waals surface area contributed by atoms with Gasteiger partial charge in [-0.3, -0.25) is 4.79 Å². The lowest BCUT2D eigenvalue weighted by atomic mass is 10.1. The molecule has 0 aliphatic carbocycles. The highest BCUT2D eigenvalue weighted by molar-refractivity contribution is 6.63. The van der Waals surface area contributed by atoms with Crippen molar-refractivity contribution < 1.29 is 4.79 Å². The number of carbonyl (C=O) groups excluding carboxylic acids is 1. The Bertz CT molecular complexity index is 192. The molecule has 0 atom stereocenters. The molecule has 0 aliphatic heterocycles. The highest BCUT2D eigenvalue weighted by Crippen LogP contribution is 2.05. The van der Waals surface area contributed by atoms with Crippen LogP contribution in [0.5, 0.6) is 0 Å². The lowest BCUT2D eigenvalue weighted by Gasteiger charge is -1.93. The van der Waals surface area contributed by atoms with Crippen LogP contribution in [0.1, 0.15) is 12.8 Å². The summed E-state index contributed by atoms with van der Waals surface area (Å²) in [5, 5.41) is -0.321. The molecule has 0 saturated heterocycles. The number of hydrogen-bond acceptors (Lipinski definition) is 1. The monoisotopic (exact) mass is 170 g/mol. The molecule has 0 spiro atoms. The third-order valence-corrected chi connectivity index (χ3v) is 1.30. The van der Waals surface area contributed by atoms with Gasteiger partial charge in [0.05, 0.1) is 0 Å². The van der Waals surface area contributed by atoms with Gasteiger partial charge in [0.25, 0.3) is 0 Å². The van der Waals surface area contributed by atoms with E-state index in [1.807, 2.05) is 6.08 Å². The Hall–Kier alpha value is -0.820. The summed E-state index contributed by atoms with van der Waals surface area (Å²) in [5.41, 5.74) is 0.888. The summed E-state index contributed by atoms with van der Waals surface area (Å²) in [5.74, 6) is 0. The van der Waals surface area contributed by atoms with E-state index in [-0.39, 0.29) is 5.24 Å². The predicted molar refractivity (Wildman–Crippen MR) is 48.6 cm³/mol. The Balaban J connectivity index is 3.61. The van der Waals surface area contributed by atoms with Gasteiger partial charge in [-0.25, -0.2) is 0 Å². The molecule has 0 aliphatic rings. The Kier molecular flexibility index (Phi) is 5.49. The van der Waals surface area contributed by atoms with Gasteiger partial charge in [0, 0.05) is 6.42 Å². The fourth-order valence-electron chi connectivity index (χ4n) is 0.546. The quantitative estimate of drug-likeness (QED) is 0.458. The van der Waals surface area contributed by atoms with E-state index in [0.717, 1.165) is 5.57 Å². The standard InChI is InChI=1S/C9H11ClO/c1-3-4-5-8(2)6-7-9(10)11/h3-5H,1-2,6-7H2. The molecule has 0 radical (unpaired) electrons. The smallest absolute Gasteiger partial charge is 0.221 e. The van der Waals surface area contributed by atoms with Gasteiger partial charge in [0.1, 0.15) is 0 Å². The molecule has 0 aromatic rings. The van der Waals surface area contributed by atoms with Gasteiger partial charge in [-0.05, 0) is 18.0 Å². The second-order valence-electron chi connectivity index (χ2n) is 2.11. The van der Waals surface area contributed by atoms with Crippen LogP contribution >= 0.6 is 11.6 Å². The van der Waals surface area contributed by atoms with Gasteiger partial charge in [0.2, 0.25) is 5.24 Å². The van der Waals surface area contributed by atoms with E-state index in [9.17, 15) is 4.79 Å². The van der Waals surface area contributed by atoms with Crippen LogP contribution in [0, 0.1) is 0 Å². The third-order valence-electron chi connectivity index (χ3n) is 1.11. The normalized spacial score (nSPS) is 9.91. The zero-order chi connectivity index (χ0) is 8.69. The van der Waals surface area contributed by atoms with E-state index in [2.05, 4.69) is 13.2 Å². The molecule has 0 aromatic heterocycles. The highest BCUT2D eigenvalue weighted by Gasteiger charge is 1.95. The van der Waals surface area contributed by atoms with Gasteiger partial charge in [-0.2, -0.15) is 0 Å². The first kappa shape index (κ1) is 10.2. The third kappa shape index (κ3) is 7.07. The van der Waals surface area contributed by atoms with Crippen molar-refractivity contribution >= 4 is 16.8 Å². The average Bonchev–Trinajstić information content (AvgIpc) is 1.97. The fourth-order valence-corrected chi connectivity index (χ4v) is 0.641. The van der Waals surface area contributed by atoms with Gasteiger partial charge in [0.15, 0.2) is 0 Å². The van der Waals surface area contributed by atoms with Crippen LogP contribution in [0.15, 0.2) is 37.0 Å². The van der Waals surface area contributed by atoms with Crippen molar-refractivity contribution in [2.45, 2.75) is 12.8 Å². The number of allylic oxidation sites excluding steroid dienone is 4. The van der Waals surface area contributed by atoms with Crippen molar-refractivity contribution in [1.29, 1.82) is 0 Å². The van der Waals surface area contributed by atoms with Crippen molar-refractivity contribution in [3.8, 4) is 0 Å². The molecule has 0 amide bonds. The minimum atomic E-state index is -0.321. The second-order valence-corrected chi connectivity index (χ2v) is 2.53. The Morgan fingerprint density at radius 3 is 2.55 bits per heavy atom. The van der Waals surface area contributed by atoms with Crippen LogP contribution in [0.25, 0.3) is 0 Å². The SMILES string of the molecule is C=CC=CC(=C)CCC(=O)Cl. The molecular formula is C9H11ClO. The van der Waals surface area contributed by atoms with Gasteiger partial charge < -0.3 is 0 Å². The summed E-state index contributed by atoms with van der Waals surface area (Å²) in [4.78, 5) is 10.3. The van der Waals surface area contributed by atoms with Crippen molar-refractivity contribution in [3.63, 3.8) is 0 Å². The van der Waals surface area contributed by atoms with Gasteiger partial charge in [-0.15, -0.1) is 0 Å². The largest absolute Gasteiger partial charge is 0.281 e. The lowest BCUT2D eigenvalue weighted by Crippen LogP contribution is -1.85. The second kappa shape index (κ2) is 5.93. The maximum Gasteiger partial charge on any atom is 0.221 e. The van der Waals surface area contributed by atoms with E-state index in [1.54, 1.807) is 12.2 Å². The lowest BCUT2D eigenvalue weighted by molar-refractivity contribution is -0.111. The molecule has 0 bridgehead atoms. The van der Waals surface area contributed by atoms with Crippen molar-refractivity contribution in [2.24, 2.45) is 0 Å². The Morgan fingerprint density at radius 2 is 2.09 bits per heavy atom. The van der Waals surface area contributed by atoms with E-state index in [4.69, 9.17) is 11.6 Å². The van der Waals surface area contributed by atoms with Crippen LogP contribution in [-0.4, -0.2) is 5.24 Å². The molecule has 2 heteroatoms. The topological polar surface area (TPSA) is 17.1 Å². The van der Waals surface area contributed by atoms with Crippen LogP contribution in [-0.2, 0) is 4.79 Å². The number of halogens is 1. The summed E-state index contributed by atoms with van der Waals surface area (Å²) in [6.45, 7) is 7.23. The number of hydrogen-bond donors (Lipinski definition) is 0. The van der Waals surface area contributed by atoms with Crippen LogP contribution in [0.3, 0.4) is 0 Å². The minimum absolute atomic E-state index is 0.321. The Morgan fingerprint density at radius 1 is 1.45 bits per heavy atom. The van der Waals surface area contributed by atoms with Crippen LogP contribution < -0.4 is 0 Å². The van der Waals surface area contributed by atoms with Crippen molar-refractivity contribution in [1.82, 2.24) is 0 Å². The van der Waals surface area contributed by atoms with Crippen molar-refractivity contribution in [2.75, 3.05) is 0 Å². The van der Waals surface area contributed by atoms with Crippen LogP contribution in [0.4, 0.5) is 0 Å². The average molecular weight is 171 g/mol. The van der Waals surface area contributed by atoms with E-state index >= 15 is 0 Å². The molecule has 0 fully saturated rings. The first-order chi connectivity index (χ1) is 5.16. The van der Waals surface area contributed by atoms with Crippen LogP contribution in [0.2, 0.25) is 0 Å². The number of carbonyl (C=O) groups is 1. The maximum absolute atomic E-state index is 10.3. The zero-order valence-electron chi connectivity index (χ0n) is 6.35. The van der Waals surface area contributed by atoms with E-state index < -0.39 is 0 Å². The predicted octanol–water partition coefficient (Wildman–Crippen LogP) is 2.83. The number of rotatable bonds is 5. The first-order valence-electron chi connectivity index (χ1n) is 3.32. The molecule has 0 aromatic carbocycles. The molecule has 1 nitrogen and oxygen atoms in total. The molecule has 0 unspecified atom stereocenters. The first-order valence-corrected chi connectivity index (χ1v) is 3.70. The summed E-state index contributed by atoms with van der Waals surface area (Å²) in [6.07, 6.45) is 6.22. The molecule has 0 rings (SSSR count). The molecule has 11 heavy (non-hydrogen) atoms. The minimum Gasteiger partial charge on any atom is -0.281 e. The summed E-state index contributed by atoms with van der Waals surface area (Å²) in [6, 6.07) is 0. The molecule has 60 valence electrons. The van der Waals surface area contributed by atoms with Crippen molar-refractivity contribution in [3.05, 3.63) is 37.0 Å². The fraction of sp³-hybridized carbons (Fsp3) is 0.222. The maximum atomic E-state index is 10.3. The molecule has 0 saturated carbocycles. The summed E-state index contributed by atoms with van der Waals surface area (Å²) >= 11 is 5.13. The highest BCUT2D eigenvalue weighted by atomic mass is 35.5. The van der Waals surface area contributed by atoms with Gasteiger partial charge >= 0.3 is 0 Å². The molecular weight excluding hydrogens is 160 g/mol. The summed E-state index contributed by atoms with van der Waals surface area (Å²) < 4.78 is 0. The van der Waals surface area contributed by atoms with Gasteiger partial charge in [-0.1, -0.05) is 37.0 Å². The molecule has 0 heterocycles.